The summed E-state index contributed by atoms with van der Waals surface area (Å²) >= 11 is 0. The summed E-state index contributed by atoms with van der Waals surface area (Å²) < 4.78 is 0. The van der Waals surface area contributed by atoms with E-state index in [1.807, 2.05) is 13.8 Å². The van der Waals surface area contributed by atoms with Crippen molar-refractivity contribution in [1.29, 1.82) is 0 Å². The maximum atomic E-state index is 12.0. The molecule has 1 aliphatic heterocycles. The molecule has 0 atom stereocenters. The quantitative estimate of drug-likeness (QED) is 0.800. The molecule has 5 nitrogen and oxygen atoms in total. The number of anilines is 1. The van der Waals surface area contributed by atoms with Crippen LogP contribution in [0.25, 0.3) is 0 Å². The van der Waals surface area contributed by atoms with Crippen molar-refractivity contribution >= 4 is 17.5 Å². The van der Waals surface area contributed by atoms with Gasteiger partial charge in [-0.2, -0.15) is 0 Å². The van der Waals surface area contributed by atoms with Gasteiger partial charge in [0.2, 0.25) is 11.8 Å². The summed E-state index contributed by atoms with van der Waals surface area (Å²) in [7, 11) is 0. The number of nitrogen functional groups attached to an aromatic ring is 1. The molecule has 1 fully saturated rings. The van der Waals surface area contributed by atoms with E-state index < -0.39 is 0 Å². The molecule has 0 aliphatic carbocycles. The molecule has 5 heteroatoms. The Hall–Kier alpha value is -1.91. The van der Waals surface area contributed by atoms with Crippen LogP contribution in [-0.4, -0.2) is 21.7 Å². The number of aromatic nitrogens is 1. The molecule has 2 heterocycles. The molecule has 0 saturated carbocycles. The lowest BCUT2D eigenvalue weighted by molar-refractivity contribution is -0.153. The summed E-state index contributed by atoms with van der Waals surface area (Å²) in [6.07, 6.45) is 2.36. The molecule has 0 radical (unpaired) electrons. The van der Waals surface area contributed by atoms with E-state index in [1.54, 1.807) is 18.3 Å². The number of carbonyl (C=O) groups excluding carboxylic acids is 2. The fourth-order valence-electron chi connectivity index (χ4n) is 2.13. The molecular weight excluding hydrogens is 230 g/mol. The van der Waals surface area contributed by atoms with Gasteiger partial charge in [-0.25, -0.2) is 0 Å². The highest BCUT2D eigenvalue weighted by Crippen LogP contribution is 2.32. The van der Waals surface area contributed by atoms with Gasteiger partial charge in [-0.05, 0) is 17.5 Å². The largest absolute Gasteiger partial charge is 0.399 e. The van der Waals surface area contributed by atoms with Crippen LogP contribution in [0.5, 0.6) is 0 Å². The standard InChI is InChI=1S/C13H17N3O2/c1-13(2)6-11(17)16(12(18)7-13)8-10-5-9(14)3-4-15-10/h3-5H,6-8H2,1-2H3,(H2,14,15). The Balaban J connectivity index is 2.15. The number of pyridine rings is 1. The first kappa shape index (κ1) is 12.5. The lowest BCUT2D eigenvalue weighted by Crippen LogP contribution is -2.45. The zero-order valence-corrected chi connectivity index (χ0v) is 10.6. The molecule has 0 unspecified atom stereocenters. The summed E-state index contributed by atoms with van der Waals surface area (Å²) in [5.74, 6) is -0.277. The molecule has 0 bridgehead atoms. The number of imide groups is 1. The number of rotatable bonds is 2. The average Bonchev–Trinajstić information content (AvgIpc) is 2.22. The Bertz CT molecular complexity index is 477. The molecule has 18 heavy (non-hydrogen) atoms. The van der Waals surface area contributed by atoms with Crippen LogP contribution in [0.4, 0.5) is 5.69 Å². The van der Waals surface area contributed by atoms with Crippen molar-refractivity contribution in [1.82, 2.24) is 9.88 Å². The van der Waals surface area contributed by atoms with E-state index in [2.05, 4.69) is 4.98 Å². The van der Waals surface area contributed by atoms with Crippen molar-refractivity contribution in [3.05, 3.63) is 24.0 Å². The van der Waals surface area contributed by atoms with Crippen LogP contribution < -0.4 is 5.73 Å². The van der Waals surface area contributed by atoms with Crippen molar-refractivity contribution in [2.45, 2.75) is 33.2 Å². The van der Waals surface area contributed by atoms with Crippen molar-refractivity contribution in [3.63, 3.8) is 0 Å². The summed E-state index contributed by atoms with van der Waals surface area (Å²) in [4.78, 5) is 29.3. The second kappa shape index (κ2) is 4.40. The van der Waals surface area contributed by atoms with E-state index in [0.29, 0.717) is 24.2 Å². The van der Waals surface area contributed by atoms with Gasteiger partial charge in [0.15, 0.2) is 0 Å². The number of hydrogen-bond acceptors (Lipinski definition) is 4. The molecule has 1 aromatic rings. The molecule has 2 rings (SSSR count). The molecule has 1 aliphatic rings. The van der Waals surface area contributed by atoms with Crippen LogP contribution in [0.15, 0.2) is 18.3 Å². The summed E-state index contributed by atoms with van der Waals surface area (Å²) in [5, 5.41) is 0. The third-order valence-corrected chi connectivity index (χ3v) is 3.02. The van der Waals surface area contributed by atoms with Gasteiger partial charge >= 0.3 is 0 Å². The van der Waals surface area contributed by atoms with Gasteiger partial charge in [-0.3, -0.25) is 19.5 Å². The zero-order valence-electron chi connectivity index (χ0n) is 10.6. The summed E-state index contributed by atoms with van der Waals surface area (Å²) in [6, 6.07) is 3.35. The van der Waals surface area contributed by atoms with Crippen molar-refractivity contribution in [3.8, 4) is 0 Å². The highest BCUT2D eigenvalue weighted by atomic mass is 16.2. The monoisotopic (exact) mass is 247 g/mol. The minimum Gasteiger partial charge on any atom is -0.399 e. The number of amides is 2. The van der Waals surface area contributed by atoms with Crippen molar-refractivity contribution < 1.29 is 9.59 Å². The number of piperidine rings is 1. The zero-order chi connectivity index (χ0) is 13.3. The fourth-order valence-corrected chi connectivity index (χ4v) is 2.13. The number of hydrogen-bond donors (Lipinski definition) is 1. The van der Waals surface area contributed by atoms with Gasteiger partial charge in [-0.1, -0.05) is 13.8 Å². The number of carbonyl (C=O) groups is 2. The molecule has 2 N–H and O–H groups in total. The van der Waals surface area contributed by atoms with Crippen LogP contribution in [0, 0.1) is 5.41 Å². The Morgan fingerprint density at radius 3 is 2.50 bits per heavy atom. The lowest BCUT2D eigenvalue weighted by atomic mass is 9.82. The minimum atomic E-state index is -0.242. The third kappa shape index (κ3) is 2.67. The van der Waals surface area contributed by atoms with E-state index in [1.165, 1.54) is 4.90 Å². The lowest BCUT2D eigenvalue weighted by Gasteiger charge is -2.34. The van der Waals surface area contributed by atoms with Crippen LogP contribution in [0.2, 0.25) is 0 Å². The number of nitrogens with two attached hydrogens (primary N) is 1. The van der Waals surface area contributed by atoms with Gasteiger partial charge in [0.1, 0.15) is 0 Å². The van der Waals surface area contributed by atoms with Gasteiger partial charge < -0.3 is 5.73 Å². The van der Waals surface area contributed by atoms with Gasteiger partial charge in [-0.15, -0.1) is 0 Å². The van der Waals surface area contributed by atoms with E-state index in [0.717, 1.165) is 0 Å². The van der Waals surface area contributed by atoms with E-state index >= 15 is 0 Å². The van der Waals surface area contributed by atoms with E-state index in [4.69, 9.17) is 5.73 Å². The first-order valence-corrected chi connectivity index (χ1v) is 5.91. The molecule has 1 aromatic heterocycles. The van der Waals surface area contributed by atoms with E-state index in [9.17, 15) is 9.59 Å². The predicted octanol–water partition coefficient (Wildman–Crippen LogP) is 1.34. The molecule has 96 valence electrons. The van der Waals surface area contributed by atoms with Crippen LogP contribution in [-0.2, 0) is 16.1 Å². The van der Waals surface area contributed by atoms with Crippen LogP contribution in [0.1, 0.15) is 32.4 Å². The van der Waals surface area contributed by atoms with E-state index in [-0.39, 0.29) is 23.8 Å². The first-order chi connectivity index (χ1) is 8.37. The Morgan fingerprint density at radius 2 is 1.94 bits per heavy atom. The van der Waals surface area contributed by atoms with Crippen molar-refractivity contribution in [2.75, 3.05) is 5.73 Å². The Kier molecular flexibility index (Phi) is 3.07. The normalized spacial score (nSPS) is 19.1. The molecular formula is C13H17N3O2. The maximum Gasteiger partial charge on any atom is 0.230 e. The van der Waals surface area contributed by atoms with Crippen LogP contribution in [0.3, 0.4) is 0 Å². The smallest absolute Gasteiger partial charge is 0.230 e. The molecule has 0 spiro atoms. The Labute approximate surface area is 106 Å². The minimum absolute atomic E-state index is 0.138. The van der Waals surface area contributed by atoms with Crippen LogP contribution >= 0.6 is 0 Å². The second-order valence-electron chi connectivity index (χ2n) is 5.47. The average molecular weight is 247 g/mol. The van der Waals surface area contributed by atoms with Gasteiger partial charge in [0.25, 0.3) is 0 Å². The summed E-state index contributed by atoms with van der Waals surface area (Å²) in [6.45, 7) is 4.07. The Morgan fingerprint density at radius 1 is 1.33 bits per heavy atom. The topological polar surface area (TPSA) is 76.3 Å². The van der Waals surface area contributed by atoms with Gasteiger partial charge in [0, 0.05) is 24.7 Å². The third-order valence-electron chi connectivity index (χ3n) is 3.02. The molecule has 2 amide bonds. The molecule has 1 saturated heterocycles. The predicted molar refractivity (Wildman–Crippen MR) is 67.2 cm³/mol. The molecule has 0 aromatic carbocycles. The second-order valence-corrected chi connectivity index (χ2v) is 5.47. The highest BCUT2D eigenvalue weighted by Gasteiger charge is 2.37. The number of likely N-dealkylation sites (tertiary alicyclic amines) is 1. The fraction of sp³-hybridized carbons (Fsp3) is 0.462. The van der Waals surface area contributed by atoms with Gasteiger partial charge in [0.05, 0.1) is 12.2 Å². The SMILES string of the molecule is CC1(C)CC(=O)N(Cc2cc(N)ccn2)C(=O)C1. The number of nitrogens with zero attached hydrogens (tertiary/aromatic N) is 2. The first-order valence-electron chi connectivity index (χ1n) is 5.91. The summed E-state index contributed by atoms with van der Waals surface area (Å²) in [5.41, 5.74) is 6.62. The highest BCUT2D eigenvalue weighted by molar-refractivity contribution is 5.98. The van der Waals surface area contributed by atoms with Crippen molar-refractivity contribution in [2.24, 2.45) is 5.41 Å². The maximum absolute atomic E-state index is 12.0.